The van der Waals surface area contributed by atoms with E-state index in [-0.39, 0.29) is 5.56 Å². The van der Waals surface area contributed by atoms with Crippen LogP contribution in [0.15, 0.2) is 24.3 Å². The topological polar surface area (TPSA) is 69.7 Å². The molecule has 2 aromatic rings. The minimum atomic E-state index is -3.57. The van der Waals surface area contributed by atoms with Gasteiger partial charge in [-0.1, -0.05) is 24.3 Å². The van der Waals surface area contributed by atoms with Crippen molar-refractivity contribution in [3.05, 3.63) is 52.6 Å². The zero-order chi connectivity index (χ0) is 17.4. The van der Waals surface area contributed by atoms with E-state index in [0.29, 0.717) is 28.2 Å². The largest absolute Gasteiger partial charge is 0.465 e. The van der Waals surface area contributed by atoms with E-state index in [1.54, 1.807) is 38.1 Å². The van der Waals surface area contributed by atoms with Crippen LogP contribution >= 0.6 is 0 Å². The Balaban J connectivity index is 2.85. The van der Waals surface area contributed by atoms with Crippen LogP contribution in [0.1, 0.15) is 21.7 Å². The summed E-state index contributed by atoms with van der Waals surface area (Å²) < 4.78 is 30.1. The van der Waals surface area contributed by atoms with E-state index in [4.69, 9.17) is 11.3 Å². The van der Waals surface area contributed by atoms with E-state index in [0.717, 1.165) is 10.2 Å². The molecule has 23 heavy (non-hydrogen) atoms. The highest BCUT2D eigenvalue weighted by Crippen LogP contribution is 2.34. The maximum Gasteiger partial charge on any atom is 0.340 e. The van der Waals surface area contributed by atoms with Crippen LogP contribution in [-0.2, 0) is 14.8 Å². The van der Waals surface area contributed by atoms with E-state index in [9.17, 15) is 13.2 Å². The van der Waals surface area contributed by atoms with Gasteiger partial charge in [0.25, 0.3) is 0 Å². The van der Waals surface area contributed by atoms with Crippen molar-refractivity contribution in [3.8, 4) is 11.1 Å². The summed E-state index contributed by atoms with van der Waals surface area (Å²) >= 11 is 0. The number of carbonyl (C=O) groups is 1. The second-order valence-corrected chi connectivity index (χ2v) is 6.93. The molecule has 0 amide bonds. The van der Waals surface area contributed by atoms with Gasteiger partial charge in [0, 0.05) is 17.0 Å². The Morgan fingerprint density at radius 3 is 2.17 bits per heavy atom. The molecule has 0 atom stereocenters. The molecule has 0 bridgehead atoms. The molecule has 2 rings (SSSR count). The van der Waals surface area contributed by atoms with E-state index in [1.165, 1.54) is 7.11 Å². The zero-order valence-corrected chi connectivity index (χ0v) is 14.1. The second-order valence-electron chi connectivity index (χ2n) is 5.10. The zero-order valence-electron chi connectivity index (χ0n) is 13.2. The molecule has 120 valence electrons. The van der Waals surface area contributed by atoms with Crippen molar-refractivity contribution in [1.82, 2.24) is 3.97 Å². The predicted octanol–water partition coefficient (Wildman–Crippen LogP) is 2.92. The summed E-state index contributed by atoms with van der Waals surface area (Å²) in [6.07, 6.45) is 1.08. The average molecular weight is 332 g/mol. The Morgan fingerprint density at radius 2 is 1.74 bits per heavy atom. The molecule has 7 heteroatoms. The molecule has 0 spiro atoms. The van der Waals surface area contributed by atoms with Gasteiger partial charge < -0.3 is 4.74 Å². The lowest BCUT2D eigenvalue weighted by Crippen LogP contribution is -2.14. The molecule has 1 aromatic carbocycles. The third kappa shape index (κ3) is 2.85. The number of carbonyl (C=O) groups excluding carboxylic acids is 1. The minimum absolute atomic E-state index is 0.214. The summed E-state index contributed by atoms with van der Waals surface area (Å²) in [5.74, 6) is -0.600. The quantitative estimate of drug-likeness (QED) is 0.640. The Morgan fingerprint density at radius 1 is 1.17 bits per heavy atom. The Labute approximate surface area is 135 Å². The van der Waals surface area contributed by atoms with Crippen molar-refractivity contribution in [2.24, 2.45) is 0 Å². The molecule has 0 aliphatic carbocycles. The molecule has 1 aromatic heterocycles. The number of methoxy groups -OCH3 is 1. The highest BCUT2D eigenvalue weighted by Gasteiger charge is 2.28. The van der Waals surface area contributed by atoms with Crippen LogP contribution in [0.5, 0.6) is 0 Å². The van der Waals surface area contributed by atoms with Gasteiger partial charge in [0.2, 0.25) is 10.0 Å². The van der Waals surface area contributed by atoms with Gasteiger partial charge in [-0.05, 0) is 19.4 Å². The van der Waals surface area contributed by atoms with Gasteiger partial charge in [-0.25, -0.2) is 22.0 Å². The van der Waals surface area contributed by atoms with Gasteiger partial charge >= 0.3 is 5.97 Å². The number of rotatable bonds is 3. The van der Waals surface area contributed by atoms with E-state index >= 15 is 0 Å². The first-order valence-corrected chi connectivity index (χ1v) is 8.55. The van der Waals surface area contributed by atoms with E-state index < -0.39 is 16.0 Å². The number of nitrogens with zero attached hydrogens (tertiary/aromatic N) is 2. The van der Waals surface area contributed by atoms with Crippen LogP contribution in [0.2, 0.25) is 0 Å². The molecule has 6 nitrogen and oxygen atoms in total. The fourth-order valence-corrected chi connectivity index (χ4v) is 3.90. The van der Waals surface area contributed by atoms with Crippen LogP contribution in [-0.4, -0.2) is 31.7 Å². The molecule has 0 saturated carbocycles. The van der Waals surface area contributed by atoms with Gasteiger partial charge in [0.15, 0.2) is 5.69 Å². The molecule has 0 aliphatic rings. The van der Waals surface area contributed by atoms with Crippen LogP contribution in [0.3, 0.4) is 0 Å². The minimum Gasteiger partial charge on any atom is -0.465 e. The van der Waals surface area contributed by atoms with Crippen molar-refractivity contribution in [2.45, 2.75) is 13.8 Å². The monoisotopic (exact) mass is 332 g/mol. The molecule has 1 heterocycles. The third-order valence-corrected chi connectivity index (χ3v) is 4.80. The summed E-state index contributed by atoms with van der Waals surface area (Å²) in [6.45, 7) is 10.2. The number of hydrogen-bond donors (Lipinski definition) is 0. The number of esters is 1. The summed E-state index contributed by atoms with van der Waals surface area (Å²) in [6, 6.07) is 6.62. The predicted molar refractivity (Wildman–Crippen MR) is 87.2 cm³/mol. The highest BCUT2D eigenvalue weighted by molar-refractivity contribution is 7.89. The highest BCUT2D eigenvalue weighted by atomic mass is 32.2. The van der Waals surface area contributed by atoms with E-state index in [1.807, 2.05) is 0 Å². The Kier molecular flexibility index (Phi) is 4.30. The SMILES string of the molecule is [C-]#[N+]c1ccc(-c2c(C(=O)OC)c(C)n(S(C)(=O)=O)c2C)cc1. The summed E-state index contributed by atoms with van der Waals surface area (Å²) in [7, 11) is -2.32. The molecule has 0 saturated heterocycles. The molecular weight excluding hydrogens is 316 g/mol. The maximum atomic E-state index is 12.2. The van der Waals surface area contributed by atoms with Gasteiger partial charge in [-0.3, -0.25) is 0 Å². The normalized spacial score (nSPS) is 11.1. The van der Waals surface area contributed by atoms with Crippen LogP contribution in [0.25, 0.3) is 16.0 Å². The van der Waals surface area contributed by atoms with E-state index in [2.05, 4.69) is 4.85 Å². The lowest BCUT2D eigenvalue weighted by atomic mass is 10.0. The lowest BCUT2D eigenvalue weighted by molar-refractivity contribution is 0.0601. The van der Waals surface area contributed by atoms with Crippen molar-refractivity contribution in [1.29, 1.82) is 0 Å². The second kappa shape index (κ2) is 5.89. The molecular formula is C16H16N2O4S. The molecule has 0 unspecified atom stereocenters. The third-order valence-electron chi connectivity index (χ3n) is 3.59. The number of aromatic nitrogens is 1. The molecule has 0 aliphatic heterocycles. The van der Waals surface area contributed by atoms with Gasteiger partial charge in [-0.2, -0.15) is 0 Å². The number of hydrogen-bond acceptors (Lipinski definition) is 4. The maximum absolute atomic E-state index is 12.2. The molecule has 0 N–H and O–H groups in total. The Bertz CT molecular complexity index is 916. The first-order valence-electron chi connectivity index (χ1n) is 6.71. The molecule has 0 fully saturated rings. The van der Waals surface area contributed by atoms with Crippen molar-refractivity contribution >= 4 is 21.7 Å². The van der Waals surface area contributed by atoms with Crippen molar-refractivity contribution < 1.29 is 17.9 Å². The van der Waals surface area contributed by atoms with Crippen LogP contribution in [0, 0.1) is 20.4 Å². The first kappa shape index (κ1) is 16.8. The Hall–Kier alpha value is -2.59. The van der Waals surface area contributed by atoms with Gasteiger partial charge in [0.05, 0.1) is 25.5 Å². The first-order chi connectivity index (χ1) is 10.7. The van der Waals surface area contributed by atoms with Crippen LogP contribution < -0.4 is 0 Å². The summed E-state index contributed by atoms with van der Waals surface area (Å²) in [5.41, 5.74) is 2.57. The smallest absolute Gasteiger partial charge is 0.340 e. The summed E-state index contributed by atoms with van der Waals surface area (Å²) in [4.78, 5) is 15.5. The van der Waals surface area contributed by atoms with Crippen LogP contribution in [0.4, 0.5) is 5.69 Å². The fourth-order valence-electron chi connectivity index (χ4n) is 2.72. The average Bonchev–Trinajstić information content (AvgIpc) is 2.77. The number of ether oxygens (including phenoxy) is 1. The molecule has 0 radical (unpaired) electrons. The standard InChI is InChI=1S/C16H16N2O4S/c1-10-14(12-6-8-13(17-3)9-7-12)15(16(19)22-4)11(2)18(10)23(5,20)21/h6-9H,1-2,4-5H3. The summed E-state index contributed by atoms with van der Waals surface area (Å²) in [5, 5.41) is 0. The van der Waals surface area contributed by atoms with Crippen molar-refractivity contribution in [2.75, 3.05) is 13.4 Å². The van der Waals surface area contributed by atoms with Gasteiger partial charge in [-0.15, -0.1) is 0 Å². The lowest BCUT2D eigenvalue weighted by Gasteiger charge is -2.06. The van der Waals surface area contributed by atoms with Gasteiger partial charge in [0.1, 0.15) is 0 Å². The van der Waals surface area contributed by atoms with Crippen molar-refractivity contribution in [3.63, 3.8) is 0 Å². The fraction of sp³-hybridized carbons (Fsp3) is 0.250. The number of benzene rings is 1.